The summed E-state index contributed by atoms with van der Waals surface area (Å²) in [6, 6.07) is 9.10. The molecule has 1 N–H and O–H groups in total. The van der Waals surface area contributed by atoms with E-state index >= 15 is 0 Å². The third kappa shape index (κ3) is 7.91. The van der Waals surface area contributed by atoms with Crippen LogP contribution in [0, 0.1) is 0 Å². The lowest BCUT2D eigenvalue weighted by Gasteiger charge is -2.30. The van der Waals surface area contributed by atoms with Crippen molar-refractivity contribution in [2.75, 3.05) is 30.4 Å². The maximum atomic E-state index is 13.4. The van der Waals surface area contributed by atoms with E-state index in [2.05, 4.69) is 5.32 Å². The molecule has 1 atom stereocenters. The number of fused-ring (bicyclic) bond motifs is 1. The number of nitrogens with one attached hydrogen (secondary N) is 1. The van der Waals surface area contributed by atoms with E-state index in [1.54, 1.807) is 43.3 Å². The van der Waals surface area contributed by atoms with Crippen LogP contribution in [0.1, 0.15) is 45.1 Å². The molecule has 2 aromatic rings. The van der Waals surface area contributed by atoms with Gasteiger partial charge in [0, 0.05) is 42.2 Å². The quantitative estimate of drug-likeness (QED) is 0.344. The molecule has 9 nitrogen and oxygen atoms in total. The Bertz CT molecular complexity index is 1260. The zero-order chi connectivity index (χ0) is 27.9. The van der Waals surface area contributed by atoms with E-state index in [-0.39, 0.29) is 44.5 Å². The predicted octanol–water partition coefficient (Wildman–Crippen LogP) is 4.60. The number of carbonyl (C=O) groups excluding carboxylic acids is 2. The van der Waals surface area contributed by atoms with Gasteiger partial charge in [-0.05, 0) is 49.6 Å². The lowest BCUT2D eigenvalue weighted by molar-refractivity contribution is -0.140. The van der Waals surface area contributed by atoms with Crippen LogP contribution in [0.2, 0.25) is 10.0 Å². The maximum absolute atomic E-state index is 13.4. The summed E-state index contributed by atoms with van der Waals surface area (Å²) in [7, 11) is -3.64. The lowest BCUT2D eigenvalue weighted by atomic mass is 10.1. The molecule has 38 heavy (non-hydrogen) atoms. The van der Waals surface area contributed by atoms with E-state index < -0.39 is 16.1 Å². The number of nitrogens with zero attached hydrogens (tertiary/aromatic N) is 2. The van der Waals surface area contributed by atoms with Gasteiger partial charge in [0.05, 0.1) is 11.9 Å². The number of rotatable bonds is 13. The SMILES string of the molecule is CCCCNC(=O)[C@H](C)N(Cc1ccc(Cl)cc1Cl)C(=O)CCCN(c1ccc2c(c1)OCO2)S(C)(=O)=O. The van der Waals surface area contributed by atoms with Gasteiger partial charge >= 0.3 is 0 Å². The summed E-state index contributed by atoms with van der Waals surface area (Å²) in [4.78, 5) is 27.7. The second-order valence-electron chi connectivity index (χ2n) is 9.05. The minimum atomic E-state index is -3.64. The minimum absolute atomic E-state index is 0.0222. The first kappa shape index (κ1) is 29.9. The number of benzene rings is 2. The molecule has 1 aliphatic heterocycles. The molecule has 2 aromatic carbocycles. The first-order valence-corrected chi connectivity index (χ1v) is 15.0. The van der Waals surface area contributed by atoms with Crippen LogP contribution in [0.3, 0.4) is 0 Å². The van der Waals surface area contributed by atoms with Crippen LogP contribution in [-0.4, -0.2) is 57.3 Å². The van der Waals surface area contributed by atoms with Crippen molar-refractivity contribution in [3.05, 3.63) is 52.0 Å². The van der Waals surface area contributed by atoms with Crippen molar-refractivity contribution >= 4 is 50.7 Å². The monoisotopic (exact) mass is 585 g/mol. The Labute approximate surface area is 234 Å². The molecule has 1 heterocycles. The number of amides is 2. The summed E-state index contributed by atoms with van der Waals surface area (Å²) in [5.74, 6) is 0.435. The zero-order valence-corrected chi connectivity index (χ0v) is 24.0. The molecule has 0 bridgehead atoms. The van der Waals surface area contributed by atoms with Crippen molar-refractivity contribution in [1.29, 1.82) is 0 Å². The van der Waals surface area contributed by atoms with E-state index in [0.29, 0.717) is 39.3 Å². The van der Waals surface area contributed by atoms with Gasteiger partial charge in [0.25, 0.3) is 0 Å². The van der Waals surface area contributed by atoms with Gasteiger partial charge in [-0.15, -0.1) is 0 Å². The number of ether oxygens (including phenoxy) is 2. The average Bonchev–Trinajstić information content (AvgIpc) is 3.33. The molecule has 3 rings (SSSR count). The number of halogens is 2. The van der Waals surface area contributed by atoms with Crippen molar-refractivity contribution < 1.29 is 27.5 Å². The molecule has 0 radical (unpaired) electrons. The lowest BCUT2D eigenvalue weighted by Crippen LogP contribution is -2.48. The highest BCUT2D eigenvalue weighted by atomic mass is 35.5. The number of carbonyl (C=O) groups is 2. The van der Waals surface area contributed by atoms with Crippen LogP contribution in [0.4, 0.5) is 5.69 Å². The predicted molar refractivity (Wildman–Crippen MR) is 148 cm³/mol. The topological polar surface area (TPSA) is 105 Å². The Kier molecular flexibility index (Phi) is 10.5. The summed E-state index contributed by atoms with van der Waals surface area (Å²) in [6.07, 6.45) is 3.12. The molecule has 208 valence electrons. The first-order chi connectivity index (χ1) is 18.0. The van der Waals surface area contributed by atoms with Gasteiger partial charge in [-0.25, -0.2) is 8.42 Å². The van der Waals surface area contributed by atoms with Crippen molar-refractivity contribution in [2.24, 2.45) is 0 Å². The Morgan fingerprint density at radius 3 is 2.50 bits per heavy atom. The molecule has 0 spiro atoms. The first-order valence-electron chi connectivity index (χ1n) is 12.4. The van der Waals surface area contributed by atoms with Crippen LogP contribution in [-0.2, 0) is 26.2 Å². The molecule has 0 fully saturated rings. The van der Waals surface area contributed by atoms with Gasteiger partial charge in [-0.3, -0.25) is 13.9 Å². The number of unbranched alkanes of at least 4 members (excludes halogenated alkanes) is 1. The van der Waals surface area contributed by atoms with Crippen molar-refractivity contribution in [1.82, 2.24) is 10.2 Å². The highest BCUT2D eigenvalue weighted by molar-refractivity contribution is 7.92. The van der Waals surface area contributed by atoms with Crippen LogP contribution >= 0.6 is 23.2 Å². The fourth-order valence-corrected chi connectivity index (χ4v) is 5.42. The third-order valence-corrected chi connectivity index (χ3v) is 7.93. The second kappa shape index (κ2) is 13.4. The zero-order valence-electron chi connectivity index (χ0n) is 21.7. The average molecular weight is 587 g/mol. The van der Waals surface area contributed by atoms with Gasteiger partial charge in [-0.1, -0.05) is 42.6 Å². The highest BCUT2D eigenvalue weighted by Gasteiger charge is 2.27. The Balaban J connectivity index is 1.73. The van der Waals surface area contributed by atoms with Crippen LogP contribution in [0.25, 0.3) is 0 Å². The molecule has 1 aliphatic rings. The van der Waals surface area contributed by atoms with Gasteiger partial charge in [0.15, 0.2) is 11.5 Å². The smallest absolute Gasteiger partial charge is 0.242 e. The summed E-state index contributed by atoms with van der Waals surface area (Å²) in [5.41, 5.74) is 1.06. The number of anilines is 1. The van der Waals surface area contributed by atoms with Crippen LogP contribution in [0.15, 0.2) is 36.4 Å². The molecule has 0 aliphatic carbocycles. The fraction of sp³-hybridized carbons (Fsp3) is 0.462. The standard InChI is InChI=1S/C26H33Cl2N3O6S/c1-4-5-12-29-26(33)18(2)30(16-19-8-9-20(27)14-22(19)28)25(32)7-6-13-31(38(3,34)35)21-10-11-23-24(15-21)37-17-36-23/h8-11,14-15,18H,4-7,12-13,16-17H2,1-3H3,(H,29,33)/t18-/m0/s1. The van der Waals surface area contributed by atoms with E-state index in [0.717, 1.165) is 19.1 Å². The van der Waals surface area contributed by atoms with Crippen molar-refractivity contribution in [2.45, 2.75) is 52.1 Å². The molecule has 0 saturated carbocycles. The van der Waals surface area contributed by atoms with E-state index in [1.807, 2.05) is 6.92 Å². The Morgan fingerprint density at radius 2 is 1.82 bits per heavy atom. The third-order valence-electron chi connectivity index (χ3n) is 6.15. The Morgan fingerprint density at radius 1 is 1.08 bits per heavy atom. The molecule has 0 unspecified atom stereocenters. The van der Waals surface area contributed by atoms with Gasteiger partial charge < -0.3 is 19.7 Å². The molecule has 0 saturated heterocycles. The molecule has 12 heteroatoms. The summed E-state index contributed by atoms with van der Waals surface area (Å²) in [5, 5.41) is 3.72. The number of hydrogen-bond donors (Lipinski definition) is 1. The van der Waals surface area contributed by atoms with Crippen molar-refractivity contribution in [3.63, 3.8) is 0 Å². The van der Waals surface area contributed by atoms with E-state index in [9.17, 15) is 18.0 Å². The molecule has 2 amide bonds. The summed E-state index contributed by atoms with van der Waals surface area (Å²) < 4.78 is 37.0. The van der Waals surface area contributed by atoms with E-state index in [1.165, 1.54) is 9.21 Å². The largest absolute Gasteiger partial charge is 0.454 e. The molecular formula is C26H33Cl2N3O6S. The van der Waals surface area contributed by atoms with Crippen LogP contribution < -0.4 is 19.1 Å². The normalized spacial score (nSPS) is 13.2. The Hall–Kier alpha value is -2.69. The van der Waals surface area contributed by atoms with Gasteiger partial charge in [0.1, 0.15) is 6.04 Å². The van der Waals surface area contributed by atoms with Crippen molar-refractivity contribution in [3.8, 4) is 11.5 Å². The fourth-order valence-electron chi connectivity index (χ4n) is 4.00. The minimum Gasteiger partial charge on any atom is -0.454 e. The molecule has 0 aromatic heterocycles. The highest BCUT2D eigenvalue weighted by Crippen LogP contribution is 2.36. The number of hydrogen-bond acceptors (Lipinski definition) is 6. The van der Waals surface area contributed by atoms with Crippen LogP contribution in [0.5, 0.6) is 11.5 Å². The maximum Gasteiger partial charge on any atom is 0.242 e. The summed E-state index contributed by atoms with van der Waals surface area (Å²) >= 11 is 12.4. The molecular weight excluding hydrogens is 553 g/mol. The van der Waals surface area contributed by atoms with E-state index in [4.69, 9.17) is 32.7 Å². The van der Waals surface area contributed by atoms with Gasteiger partial charge in [-0.2, -0.15) is 0 Å². The van der Waals surface area contributed by atoms with Gasteiger partial charge in [0.2, 0.25) is 28.6 Å². The second-order valence-corrected chi connectivity index (χ2v) is 11.8. The number of sulfonamides is 1. The summed E-state index contributed by atoms with van der Waals surface area (Å²) in [6.45, 7) is 4.45.